The van der Waals surface area contributed by atoms with E-state index in [1.807, 2.05) is 0 Å². The van der Waals surface area contributed by atoms with Gasteiger partial charge in [0.25, 0.3) is 0 Å². The van der Waals surface area contributed by atoms with Crippen LogP contribution in [0.2, 0.25) is 0 Å². The Morgan fingerprint density at radius 1 is 0.720 bits per heavy atom. The predicted molar refractivity (Wildman–Crippen MR) is 81.4 cm³/mol. The van der Waals surface area contributed by atoms with Crippen LogP contribution < -0.4 is 4.74 Å². The Bertz CT molecular complexity index is 973. The number of hydrogen-bond acceptors (Lipinski definition) is 7. The molecule has 25 heavy (non-hydrogen) atoms. The zero-order valence-electron chi connectivity index (χ0n) is 12.9. The molecule has 1 unspecified atom stereocenters. The molecule has 124 valence electrons. The molecule has 1 atom stereocenters. The molecular weight excluding hydrogens is 328 g/mol. The first-order valence-electron chi connectivity index (χ1n) is 7.41. The van der Waals surface area contributed by atoms with Gasteiger partial charge < -0.3 is 14.2 Å². The Morgan fingerprint density at radius 2 is 1.24 bits per heavy atom. The first-order valence-corrected chi connectivity index (χ1v) is 7.41. The van der Waals surface area contributed by atoms with Gasteiger partial charge in [-0.25, -0.2) is 19.2 Å². The van der Waals surface area contributed by atoms with E-state index < -0.39 is 30.0 Å². The van der Waals surface area contributed by atoms with Crippen LogP contribution in [0.25, 0.3) is 0 Å². The molecule has 2 aromatic rings. The van der Waals surface area contributed by atoms with Crippen LogP contribution in [0.3, 0.4) is 0 Å². The van der Waals surface area contributed by atoms with Crippen LogP contribution in [0.4, 0.5) is 0 Å². The van der Waals surface area contributed by atoms with E-state index in [2.05, 4.69) is 9.47 Å². The van der Waals surface area contributed by atoms with Gasteiger partial charge in [-0.15, -0.1) is 0 Å². The van der Waals surface area contributed by atoms with Gasteiger partial charge in [-0.05, 0) is 42.8 Å². The summed E-state index contributed by atoms with van der Waals surface area (Å²) in [6.07, 6.45) is -0.472. The average Bonchev–Trinajstić information content (AvgIpc) is 3.03. The van der Waals surface area contributed by atoms with E-state index in [4.69, 9.17) is 4.74 Å². The van der Waals surface area contributed by atoms with Gasteiger partial charge in [0.1, 0.15) is 11.9 Å². The van der Waals surface area contributed by atoms with Gasteiger partial charge in [-0.3, -0.25) is 0 Å². The maximum Gasteiger partial charge on any atom is 0.347 e. The summed E-state index contributed by atoms with van der Waals surface area (Å²) < 4.78 is 14.9. The van der Waals surface area contributed by atoms with E-state index in [0.29, 0.717) is 11.3 Å². The van der Waals surface area contributed by atoms with E-state index in [0.717, 1.165) is 0 Å². The van der Waals surface area contributed by atoms with Crippen molar-refractivity contribution in [1.29, 1.82) is 0 Å². The van der Waals surface area contributed by atoms with Crippen LogP contribution in [-0.4, -0.2) is 23.9 Å². The van der Waals surface area contributed by atoms with E-state index in [1.165, 1.54) is 18.2 Å². The standard InChI is InChI=1S/C18H10O7/c1-8(9-2-4-11-13(6-9)17(21)24-15(11)19)23-10-3-5-12-14(7-10)18(22)25-16(12)20/h2-8H,1H3. The molecule has 0 N–H and O–H groups in total. The van der Waals surface area contributed by atoms with Crippen LogP contribution in [0.1, 0.15) is 60.0 Å². The van der Waals surface area contributed by atoms with E-state index in [1.54, 1.807) is 25.1 Å². The largest absolute Gasteiger partial charge is 0.486 e. The smallest absolute Gasteiger partial charge is 0.347 e. The first-order chi connectivity index (χ1) is 11.9. The molecule has 0 amide bonds. The van der Waals surface area contributed by atoms with Crippen molar-refractivity contribution in [2.45, 2.75) is 13.0 Å². The molecule has 4 rings (SSSR count). The third-order valence-electron chi connectivity index (χ3n) is 4.07. The quantitative estimate of drug-likeness (QED) is 0.626. The zero-order chi connectivity index (χ0) is 17.7. The molecule has 0 aliphatic carbocycles. The third kappa shape index (κ3) is 2.37. The number of esters is 4. The van der Waals surface area contributed by atoms with Crippen molar-refractivity contribution in [2.75, 3.05) is 0 Å². The number of cyclic esters (lactones) is 4. The van der Waals surface area contributed by atoms with Crippen molar-refractivity contribution in [1.82, 2.24) is 0 Å². The minimum absolute atomic E-state index is 0.151. The highest BCUT2D eigenvalue weighted by molar-refractivity contribution is 6.15. The summed E-state index contributed by atoms with van der Waals surface area (Å²) in [5.74, 6) is -2.37. The van der Waals surface area contributed by atoms with Crippen molar-refractivity contribution in [3.8, 4) is 5.75 Å². The lowest BCUT2D eigenvalue weighted by atomic mass is 10.0. The molecule has 2 aliphatic heterocycles. The molecule has 2 heterocycles. The number of fused-ring (bicyclic) bond motifs is 2. The second kappa shape index (κ2) is 5.27. The summed E-state index contributed by atoms with van der Waals surface area (Å²) in [5, 5.41) is 0. The molecule has 2 aromatic carbocycles. The van der Waals surface area contributed by atoms with E-state index in [-0.39, 0.29) is 22.3 Å². The van der Waals surface area contributed by atoms with Crippen LogP contribution in [0.5, 0.6) is 5.75 Å². The fraction of sp³-hybridized carbons (Fsp3) is 0.111. The summed E-state index contributed by atoms with van der Waals surface area (Å²) in [7, 11) is 0. The summed E-state index contributed by atoms with van der Waals surface area (Å²) >= 11 is 0. The highest BCUT2D eigenvalue weighted by atomic mass is 16.6. The maximum atomic E-state index is 11.6. The molecule has 0 saturated carbocycles. The minimum atomic E-state index is -0.711. The molecule has 0 spiro atoms. The van der Waals surface area contributed by atoms with Crippen LogP contribution in [0.15, 0.2) is 36.4 Å². The highest BCUT2D eigenvalue weighted by Gasteiger charge is 2.31. The number of ether oxygens (including phenoxy) is 3. The van der Waals surface area contributed by atoms with Crippen molar-refractivity contribution in [2.24, 2.45) is 0 Å². The Balaban J connectivity index is 1.60. The monoisotopic (exact) mass is 338 g/mol. The number of carbonyl (C=O) groups is 4. The number of rotatable bonds is 3. The topological polar surface area (TPSA) is 96.0 Å². The lowest BCUT2D eigenvalue weighted by molar-refractivity contribution is 0.0425. The SMILES string of the molecule is CC(Oc1ccc2c(c1)C(=O)OC2=O)c1ccc2c(c1)C(=O)OC2=O. The fourth-order valence-electron chi connectivity index (χ4n) is 2.77. The van der Waals surface area contributed by atoms with E-state index >= 15 is 0 Å². The second-order valence-corrected chi connectivity index (χ2v) is 5.63. The summed E-state index contributed by atoms with van der Waals surface area (Å²) in [5.41, 5.74) is 1.42. The lowest BCUT2D eigenvalue weighted by Gasteiger charge is -2.15. The van der Waals surface area contributed by atoms with Gasteiger partial charge in [0.05, 0.1) is 22.3 Å². The highest BCUT2D eigenvalue weighted by Crippen LogP contribution is 2.29. The van der Waals surface area contributed by atoms with Crippen molar-refractivity contribution >= 4 is 23.9 Å². The predicted octanol–water partition coefficient (Wildman–Crippen LogP) is 2.45. The normalized spacial score (nSPS) is 16.2. The molecule has 0 aromatic heterocycles. The van der Waals surface area contributed by atoms with Gasteiger partial charge in [-0.2, -0.15) is 0 Å². The van der Waals surface area contributed by atoms with Crippen LogP contribution >= 0.6 is 0 Å². The Kier molecular flexibility index (Phi) is 3.18. The van der Waals surface area contributed by atoms with Gasteiger partial charge >= 0.3 is 23.9 Å². The molecular formula is C18H10O7. The molecule has 0 radical (unpaired) electrons. The average molecular weight is 338 g/mol. The Hall–Kier alpha value is -3.48. The number of benzene rings is 2. The van der Waals surface area contributed by atoms with Gasteiger partial charge in [0.2, 0.25) is 0 Å². The lowest BCUT2D eigenvalue weighted by Crippen LogP contribution is -2.05. The molecule has 0 saturated heterocycles. The second-order valence-electron chi connectivity index (χ2n) is 5.63. The Labute approximate surface area is 141 Å². The molecule has 2 aliphatic rings. The van der Waals surface area contributed by atoms with Crippen LogP contribution in [0, 0.1) is 0 Å². The Morgan fingerprint density at radius 3 is 1.88 bits per heavy atom. The molecule has 0 fully saturated rings. The zero-order valence-corrected chi connectivity index (χ0v) is 12.9. The van der Waals surface area contributed by atoms with Crippen molar-refractivity contribution in [3.05, 3.63) is 64.2 Å². The van der Waals surface area contributed by atoms with Gasteiger partial charge in [0.15, 0.2) is 0 Å². The van der Waals surface area contributed by atoms with Crippen molar-refractivity contribution in [3.63, 3.8) is 0 Å². The third-order valence-corrected chi connectivity index (χ3v) is 4.07. The minimum Gasteiger partial charge on any atom is -0.486 e. The molecule has 7 nitrogen and oxygen atoms in total. The number of carbonyl (C=O) groups excluding carboxylic acids is 4. The van der Waals surface area contributed by atoms with Gasteiger partial charge in [0, 0.05) is 0 Å². The number of hydrogen-bond donors (Lipinski definition) is 0. The summed E-state index contributed by atoms with van der Waals surface area (Å²) in [6, 6.07) is 9.16. The first kappa shape index (κ1) is 15.1. The van der Waals surface area contributed by atoms with Crippen LogP contribution in [-0.2, 0) is 9.47 Å². The van der Waals surface area contributed by atoms with Crippen molar-refractivity contribution < 1.29 is 33.4 Å². The van der Waals surface area contributed by atoms with E-state index in [9.17, 15) is 19.2 Å². The summed E-state index contributed by atoms with van der Waals surface area (Å²) in [6.45, 7) is 1.75. The molecule has 7 heteroatoms. The molecule has 0 bridgehead atoms. The summed E-state index contributed by atoms with van der Waals surface area (Å²) in [4.78, 5) is 46.1. The maximum absolute atomic E-state index is 11.6. The fourth-order valence-corrected chi connectivity index (χ4v) is 2.77. The van der Waals surface area contributed by atoms with Gasteiger partial charge in [-0.1, -0.05) is 6.07 Å².